The number of hydrogen-bond acceptors (Lipinski definition) is 4. The first-order valence-electron chi connectivity index (χ1n) is 5.03. The largest absolute Gasteiger partial charge is 0.393 e. The Morgan fingerprint density at radius 3 is 3.00 bits per heavy atom. The van der Waals surface area contributed by atoms with Gasteiger partial charge < -0.3 is 10.4 Å². The van der Waals surface area contributed by atoms with Crippen molar-refractivity contribution >= 4 is 26.7 Å². The Labute approximate surface area is 92.8 Å². The second-order valence-electron chi connectivity index (χ2n) is 3.55. The van der Waals surface area contributed by atoms with E-state index in [1.165, 1.54) is 4.70 Å². The maximum absolute atomic E-state index is 9.11. The summed E-state index contributed by atoms with van der Waals surface area (Å²) < 4.78 is 1.19. The molecule has 1 atom stereocenters. The van der Waals surface area contributed by atoms with Gasteiger partial charge in [0.1, 0.15) is 0 Å². The lowest BCUT2D eigenvalue weighted by atomic mass is 10.3. The summed E-state index contributed by atoms with van der Waals surface area (Å²) in [6, 6.07) is 8.07. The molecule has 0 bridgehead atoms. The number of aliphatic hydroxyl groups excluding tert-OH is 1. The second kappa shape index (κ2) is 4.59. The molecule has 15 heavy (non-hydrogen) atoms. The topological polar surface area (TPSA) is 45.1 Å². The van der Waals surface area contributed by atoms with Crippen LogP contribution in [0.25, 0.3) is 10.2 Å². The Bertz CT molecular complexity index is 406. The molecule has 1 aromatic carbocycles. The summed E-state index contributed by atoms with van der Waals surface area (Å²) in [5.74, 6) is 0. The number of aliphatic hydroxyl groups is 1. The molecule has 1 aromatic heterocycles. The van der Waals surface area contributed by atoms with E-state index in [0.717, 1.165) is 23.6 Å². The normalized spacial score (nSPS) is 12.9. The number of fused-ring (bicyclic) bond motifs is 1. The van der Waals surface area contributed by atoms with Crippen molar-refractivity contribution < 1.29 is 5.11 Å². The van der Waals surface area contributed by atoms with Crippen molar-refractivity contribution in [3.63, 3.8) is 0 Å². The molecule has 0 saturated carbocycles. The SMILES string of the molecule is C[C@H](O)CCNc1nc2ccccc2s1. The van der Waals surface area contributed by atoms with Crippen LogP contribution in [0.5, 0.6) is 0 Å². The molecule has 0 unspecified atom stereocenters. The lowest BCUT2D eigenvalue weighted by Gasteiger charge is -2.03. The number of nitrogens with zero attached hydrogens (tertiary/aromatic N) is 1. The van der Waals surface area contributed by atoms with Crippen molar-refractivity contribution in [2.45, 2.75) is 19.4 Å². The van der Waals surface area contributed by atoms with Crippen molar-refractivity contribution in [3.05, 3.63) is 24.3 Å². The molecule has 1 heterocycles. The first kappa shape index (κ1) is 10.4. The second-order valence-corrected chi connectivity index (χ2v) is 4.58. The first-order chi connectivity index (χ1) is 7.25. The minimum atomic E-state index is -0.258. The Kier molecular flexibility index (Phi) is 3.18. The fourth-order valence-electron chi connectivity index (χ4n) is 1.34. The third kappa shape index (κ3) is 2.67. The molecule has 4 heteroatoms. The molecule has 0 spiro atoms. The smallest absolute Gasteiger partial charge is 0.183 e. The van der Waals surface area contributed by atoms with Crippen LogP contribution in [-0.2, 0) is 0 Å². The monoisotopic (exact) mass is 222 g/mol. The number of nitrogens with one attached hydrogen (secondary N) is 1. The van der Waals surface area contributed by atoms with Gasteiger partial charge in [0.25, 0.3) is 0 Å². The van der Waals surface area contributed by atoms with E-state index >= 15 is 0 Å². The fraction of sp³-hybridized carbons (Fsp3) is 0.364. The van der Waals surface area contributed by atoms with Crippen LogP contribution in [0.15, 0.2) is 24.3 Å². The highest BCUT2D eigenvalue weighted by Gasteiger charge is 2.02. The third-order valence-electron chi connectivity index (χ3n) is 2.13. The highest BCUT2D eigenvalue weighted by atomic mass is 32.1. The molecule has 2 rings (SSSR count). The zero-order valence-corrected chi connectivity index (χ0v) is 9.42. The number of thiazole rings is 1. The number of para-hydroxylation sites is 1. The molecule has 80 valence electrons. The van der Waals surface area contributed by atoms with E-state index in [-0.39, 0.29) is 6.10 Å². The molecule has 3 nitrogen and oxygen atoms in total. The minimum Gasteiger partial charge on any atom is -0.393 e. The van der Waals surface area contributed by atoms with E-state index in [4.69, 9.17) is 5.11 Å². The van der Waals surface area contributed by atoms with Gasteiger partial charge in [-0.05, 0) is 25.5 Å². The minimum absolute atomic E-state index is 0.258. The summed E-state index contributed by atoms with van der Waals surface area (Å²) in [7, 11) is 0. The molecule has 0 fully saturated rings. The Hall–Kier alpha value is -1.13. The van der Waals surface area contributed by atoms with Crippen LogP contribution in [-0.4, -0.2) is 22.7 Å². The van der Waals surface area contributed by atoms with Crippen LogP contribution in [0.3, 0.4) is 0 Å². The molecule has 2 aromatic rings. The fourth-order valence-corrected chi connectivity index (χ4v) is 2.23. The molecule has 0 aliphatic carbocycles. The lowest BCUT2D eigenvalue weighted by molar-refractivity contribution is 0.189. The van der Waals surface area contributed by atoms with E-state index in [9.17, 15) is 0 Å². The summed E-state index contributed by atoms with van der Waals surface area (Å²) >= 11 is 1.65. The molecule has 0 aliphatic rings. The van der Waals surface area contributed by atoms with Crippen molar-refractivity contribution in [2.75, 3.05) is 11.9 Å². The van der Waals surface area contributed by atoms with E-state index in [2.05, 4.69) is 16.4 Å². The van der Waals surface area contributed by atoms with Gasteiger partial charge in [0.05, 0.1) is 16.3 Å². The Morgan fingerprint density at radius 2 is 2.27 bits per heavy atom. The quantitative estimate of drug-likeness (QED) is 0.835. The summed E-state index contributed by atoms with van der Waals surface area (Å²) in [4.78, 5) is 4.44. The van der Waals surface area contributed by atoms with Crippen LogP contribution < -0.4 is 5.32 Å². The highest BCUT2D eigenvalue weighted by Crippen LogP contribution is 2.25. The van der Waals surface area contributed by atoms with Gasteiger partial charge in [-0.3, -0.25) is 0 Å². The van der Waals surface area contributed by atoms with Gasteiger partial charge in [0, 0.05) is 6.54 Å². The highest BCUT2D eigenvalue weighted by molar-refractivity contribution is 7.22. The van der Waals surface area contributed by atoms with Gasteiger partial charge in [-0.25, -0.2) is 4.98 Å². The zero-order chi connectivity index (χ0) is 10.7. The molecular weight excluding hydrogens is 208 g/mol. The standard InChI is InChI=1S/C11H14N2OS/c1-8(14)6-7-12-11-13-9-4-2-3-5-10(9)15-11/h2-5,8,14H,6-7H2,1H3,(H,12,13)/t8-/m0/s1. The van der Waals surface area contributed by atoms with Gasteiger partial charge in [-0.15, -0.1) is 0 Å². The van der Waals surface area contributed by atoms with E-state index in [1.54, 1.807) is 18.3 Å². The zero-order valence-electron chi connectivity index (χ0n) is 8.60. The molecule has 2 N–H and O–H groups in total. The third-order valence-corrected chi connectivity index (χ3v) is 3.13. The predicted octanol–water partition coefficient (Wildman–Crippen LogP) is 2.48. The maximum atomic E-state index is 9.11. The van der Waals surface area contributed by atoms with Gasteiger partial charge in [-0.2, -0.15) is 0 Å². The predicted molar refractivity (Wildman–Crippen MR) is 64.4 cm³/mol. The summed E-state index contributed by atoms with van der Waals surface area (Å²) in [6.45, 7) is 2.55. The van der Waals surface area contributed by atoms with Crippen molar-refractivity contribution in [3.8, 4) is 0 Å². The van der Waals surface area contributed by atoms with Crippen LogP contribution >= 0.6 is 11.3 Å². The average molecular weight is 222 g/mol. The molecule has 0 saturated heterocycles. The molecule has 0 radical (unpaired) electrons. The maximum Gasteiger partial charge on any atom is 0.183 e. The van der Waals surface area contributed by atoms with Gasteiger partial charge in [0.2, 0.25) is 0 Å². The van der Waals surface area contributed by atoms with Crippen LogP contribution in [0.1, 0.15) is 13.3 Å². The summed E-state index contributed by atoms with van der Waals surface area (Å²) in [5, 5.41) is 13.3. The number of aromatic nitrogens is 1. The Morgan fingerprint density at radius 1 is 1.47 bits per heavy atom. The van der Waals surface area contributed by atoms with E-state index in [0.29, 0.717) is 0 Å². The number of hydrogen-bond donors (Lipinski definition) is 2. The van der Waals surface area contributed by atoms with Crippen molar-refractivity contribution in [1.82, 2.24) is 4.98 Å². The van der Waals surface area contributed by atoms with Crippen LogP contribution in [0.2, 0.25) is 0 Å². The Balaban J connectivity index is 2.03. The lowest BCUT2D eigenvalue weighted by Crippen LogP contribution is -2.09. The number of anilines is 1. The van der Waals surface area contributed by atoms with Gasteiger partial charge in [-0.1, -0.05) is 23.5 Å². The molecular formula is C11H14N2OS. The van der Waals surface area contributed by atoms with E-state index < -0.39 is 0 Å². The average Bonchev–Trinajstić information content (AvgIpc) is 2.59. The van der Waals surface area contributed by atoms with Gasteiger partial charge in [0.15, 0.2) is 5.13 Å². The summed E-state index contributed by atoms with van der Waals surface area (Å²) in [5.41, 5.74) is 1.03. The number of benzene rings is 1. The van der Waals surface area contributed by atoms with E-state index in [1.807, 2.05) is 18.2 Å². The molecule has 0 aliphatic heterocycles. The number of rotatable bonds is 4. The molecule has 0 amide bonds. The van der Waals surface area contributed by atoms with Crippen LogP contribution in [0, 0.1) is 0 Å². The van der Waals surface area contributed by atoms with Crippen molar-refractivity contribution in [2.24, 2.45) is 0 Å². The first-order valence-corrected chi connectivity index (χ1v) is 5.85. The summed E-state index contributed by atoms with van der Waals surface area (Å²) in [6.07, 6.45) is 0.488. The van der Waals surface area contributed by atoms with Crippen molar-refractivity contribution in [1.29, 1.82) is 0 Å². The van der Waals surface area contributed by atoms with Gasteiger partial charge >= 0.3 is 0 Å². The van der Waals surface area contributed by atoms with Crippen LogP contribution in [0.4, 0.5) is 5.13 Å².